The Hall–Kier alpha value is -1.93. The molecule has 23 heavy (non-hydrogen) atoms. The minimum Gasteiger partial charge on any atom is -0.377 e. The molecule has 3 rings (SSSR count). The number of amides is 1. The molecule has 1 saturated heterocycles. The number of rotatable bonds is 5. The molecule has 0 spiro atoms. The second-order valence-corrected chi connectivity index (χ2v) is 6.39. The van der Waals surface area contributed by atoms with Crippen LogP contribution in [0.15, 0.2) is 29.4 Å². The van der Waals surface area contributed by atoms with E-state index in [2.05, 4.69) is 20.8 Å². The van der Waals surface area contributed by atoms with Gasteiger partial charge in [0.1, 0.15) is 0 Å². The number of hydrogen-bond acceptors (Lipinski definition) is 6. The molecule has 8 heteroatoms. The summed E-state index contributed by atoms with van der Waals surface area (Å²) < 4.78 is 7.42. The molecule has 1 fully saturated rings. The number of hydrogen-bond donors (Lipinski definition) is 1. The number of thioether (sulfide) groups is 1. The monoisotopic (exact) mass is 333 g/mol. The van der Waals surface area contributed by atoms with Gasteiger partial charge in [0.25, 0.3) is 0 Å². The van der Waals surface area contributed by atoms with Crippen LogP contribution in [0, 0.1) is 0 Å². The molecule has 0 saturated carbocycles. The average molecular weight is 333 g/mol. The minimum atomic E-state index is -0.108. The topological polar surface area (TPSA) is 81.9 Å². The maximum absolute atomic E-state index is 11.2. The van der Waals surface area contributed by atoms with Crippen molar-refractivity contribution in [1.29, 1.82) is 0 Å². The summed E-state index contributed by atoms with van der Waals surface area (Å²) in [7, 11) is 0. The van der Waals surface area contributed by atoms with E-state index < -0.39 is 0 Å². The van der Waals surface area contributed by atoms with E-state index in [-0.39, 0.29) is 12.0 Å². The Morgan fingerprint density at radius 3 is 3.17 bits per heavy atom. The van der Waals surface area contributed by atoms with Crippen LogP contribution in [0.25, 0.3) is 5.69 Å². The largest absolute Gasteiger partial charge is 0.377 e. The van der Waals surface area contributed by atoms with Gasteiger partial charge in [0.15, 0.2) is 0 Å². The Kier molecular flexibility index (Phi) is 5.24. The summed E-state index contributed by atoms with van der Waals surface area (Å²) in [6.45, 7) is 2.32. The highest BCUT2D eigenvalue weighted by Gasteiger charge is 2.17. The lowest BCUT2D eigenvalue weighted by Crippen LogP contribution is -2.21. The molecule has 0 radical (unpaired) electrons. The van der Waals surface area contributed by atoms with E-state index in [1.54, 1.807) is 16.4 Å². The first-order valence-electron chi connectivity index (χ1n) is 7.63. The summed E-state index contributed by atoms with van der Waals surface area (Å²) in [5.74, 6) is 0.731. The molecule has 1 N–H and O–H groups in total. The quantitative estimate of drug-likeness (QED) is 0.845. The zero-order valence-electron chi connectivity index (χ0n) is 12.9. The van der Waals surface area contributed by atoms with Crippen LogP contribution in [0.2, 0.25) is 0 Å². The molecule has 2 aromatic rings. The molecule has 122 valence electrons. The van der Waals surface area contributed by atoms with Crippen molar-refractivity contribution < 1.29 is 9.53 Å². The Bertz CT molecular complexity index is 669. The molecule has 1 aromatic carbocycles. The summed E-state index contributed by atoms with van der Waals surface area (Å²) in [4.78, 5) is 11.2. The van der Waals surface area contributed by atoms with Gasteiger partial charge in [0, 0.05) is 25.0 Å². The van der Waals surface area contributed by atoms with Crippen LogP contribution in [0.5, 0.6) is 0 Å². The van der Waals surface area contributed by atoms with Crippen LogP contribution in [-0.2, 0) is 9.53 Å². The summed E-state index contributed by atoms with van der Waals surface area (Å²) in [6, 6.07) is 7.45. The van der Waals surface area contributed by atoms with Gasteiger partial charge in [-0.3, -0.25) is 4.79 Å². The van der Waals surface area contributed by atoms with Gasteiger partial charge < -0.3 is 10.1 Å². The maximum atomic E-state index is 11.2. The SMILES string of the molecule is CC(=O)Nc1cccc(-n2nnnc2SC[C@@H]2CCCCO2)c1. The molecule has 1 atom stereocenters. The molecule has 7 nitrogen and oxygen atoms in total. The highest BCUT2D eigenvalue weighted by Crippen LogP contribution is 2.24. The number of anilines is 1. The van der Waals surface area contributed by atoms with Gasteiger partial charge in [0.2, 0.25) is 11.1 Å². The van der Waals surface area contributed by atoms with Crippen molar-refractivity contribution in [2.24, 2.45) is 0 Å². The third kappa shape index (κ3) is 4.29. The van der Waals surface area contributed by atoms with Crippen LogP contribution in [0.3, 0.4) is 0 Å². The standard InChI is InChI=1S/C15H19N5O2S/c1-11(21)16-12-5-4-6-13(9-12)20-15(17-18-19-20)23-10-14-7-2-3-8-22-14/h4-6,9,14H,2-3,7-8,10H2,1H3,(H,16,21)/t14-/m0/s1. The normalized spacial score (nSPS) is 17.9. The summed E-state index contributed by atoms with van der Waals surface area (Å²) in [5, 5.41) is 15.4. The lowest BCUT2D eigenvalue weighted by molar-refractivity contribution is -0.114. The Labute approximate surface area is 138 Å². The zero-order valence-corrected chi connectivity index (χ0v) is 13.8. The fourth-order valence-electron chi connectivity index (χ4n) is 2.46. The maximum Gasteiger partial charge on any atom is 0.221 e. The van der Waals surface area contributed by atoms with Gasteiger partial charge in [-0.05, 0) is 47.9 Å². The molecule has 1 aliphatic rings. The smallest absolute Gasteiger partial charge is 0.221 e. The van der Waals surface area contributed by atoms with Crippen molar-refractivity contribution in [3.8, 4) is 5.69 Å². The molecular formula is C15H19N5O2S. The third-order valence-corrected chi connectivity index (χ3v) is 4.58. The zero-order chi connectivity index (χ0) is 16.1. The van der Waals surface area contributed by atoms with Crippen LogP contribution < -0.4 is 5.32 Å². The van der Waals surface area contributed by atoms with E-state index in [1.807, 2.05) is 24.3 Å². The molecule has 1 aliphatic heterocycles. The van der Waals surface area contributed by atoms with Crippen LogP contribution >= 0.6 is 11.8 Å². The molecule has 1 amide bonds. The van der Waals surface area contributed by atoms with Crippen molar-refractivity contribution in [3.63, 3.8) is 0 Å². The number of carbonyl (C=O) groups excluding carboxylic acids is 1. The average Bonchev–Trinajstić information content (AvgIpc) is 3.02. The van der Waals surface area contributed by atoms with Gasteiger partial charge in [-0.15, -0.1) is 5.10 Å². The lowest BCUT2D eigenvalue weighted by Gasteiger charge is -2.21. The third-order valence-electron chi connectivity index (χ3n) is 3.52. The number of aromatic nitrogens is 4. The molecule has 0 bridgehead atoms. The van der Waals surface area contributed by atoms with Crippen LogP contribution in [0.1, 0.15) is 26.2 Å². The van der Waals surface area contributed by atoms with E-state index in [1.165, 1.54) is 13.3 Å². The van der Waals surface area contributed by atoms with E-state index in [9.17, 15) is 4.79 Å². The Morgan fingerprint density at radius 1 is 1.48 bits per heavy atom. The second-order valence-electron chi connectivity index (χ2n) is 5.40. The molecule has 2 heterocycles. The van der Waals surface area contributed by atoms with Gasteiger partial charge in [0.05, 0.1) is 11.8 Å². The first kappa shape index (κ1) is 15.9. The van der Waals surface area contributed by atoms with Gasteiger partial charge in [-0.25, -0.2) is 0 Å². The lowest BCUT2D eigenvalue weighted by atomic mass is 10.1. The molecule has 0 unspecified atom stereocenters. The van der Waals surface area contributed by atoms with Gasteiger partial charge >= 0.3 is 0 Å². The van der Waals surface area contributed by atoms with Crippen LogP contribution in [-0.4, -0.2) is 44.6 Å². The van der Waals surface area contributed by atoms with E-state index in [0.29, 0.717) is 0 Å². The number of benzene rings is 1. The molecule has 1 aromatic heterocycles. The predicted molar refractivity (Wildman–Crippen MR) is 87.8 cm³/mol. The first-order chi connectivity index (χ1) is 11.2. The minimum absolute atomic E-state index is 0.108. The first-order valence-corrected chi connectivity index (χ1v) is 8.62. The van der Waals surface area contributed by atoms with Crippen molar-refractivity contribution in [2.75, 3.05) is 17.7 Å². The number of carbonyl (C=O) groups is 1. The number of tetrazole rings is 1. The Balaban J connectivity index is 1.71. The highest BCUT2D eigenvalue weighted by molar-refractivity contribution is 7.99. The fourth-order valence-corrected chi connectivity index (χ4v) is 3.41. The van der Waals surface area contributed by atoms with Gasteiger partial charge in [-0.1, -0.05) is 17.8 Å². The summed E-state index contributed by atoms with van der Waals surface area (Å²) >= 11 is 1.59. The van der Waals surface area contributed by atoms with E-state index >= 15 is 0 Å². The number of ether oxygens (including phenoxy) is 1. The van der Waals surface area contributed by atoms with Crippen molar-refractivity contribution >= 4 is 23.4 Å². The number of nitrogens with zero attached hydrogens (tertiary/aromatic N) is 4. The molecular weight excluding hydrogens is 314 g/mol. The van der Waals surface area contributed by atoms with Gasteiger partial charge in [-0.2, -0.15) is 4.68 Å². The predicted octanol–water partition coefficient (Wildman–Crippen LogP) is 2.28. The van der Waals surface area contributed by atoms with E-state index in [0.717, 1.165) is 41.7 Å². The fraction of sp³-hybridized carbons (Fsp3) is 0.467. The van der Waals surface area contributed by atoms with Crippen LogP contribution in [0.4, 0.5) is 5.69 Å². The molecule has 0 aliphatic carbocycles. The highest BCUT2D eigenvalue weighted by atomic mass is 32.2. The second kappa shape index (κ2) is 7.56. The van der Waals surface area contributed by atoms with Crippen molar-refractivity contribution in [2.45, 2.75) is 37.4 Å². The van der Waals surface area contributed by atoms with Crippen molar-refractivity contribution in [3.05, 3.63) is 24.3 Å². The van der Waals surface area contributed by atoms with Crippen molar-refractivity contribution in [1.82, 2.24) is 20.2 Å². The number of nitrogens with one attached hydrogen (secondary N) is 1. The van der Waals surface area contributed by atoms with E-state index in [4.69, 9.17) is 4.74 Å². The summed E-state index contributed by atoms with van der Waals surface area (Å²) in [5.41, 5.74) is 1.53. The Morgan fingerprint density at radius 2 is 2.39 bits per heavy atom. The summed E-state index contributed by atoms with van der Waals surface area (Å²) in [6.07, 6.45) is 3.72.